The number of aromatic nitrogens is 2. The van der Waals surface area contributed by atoms with Crippen molar-refractivity contribution < 1.29 is 18.0 Å². The zero-order valence-corrected chi connectivity index (χ0v) is 17.1. The lowest BCUT2D eigenvalue weighted by molar-refractivity contribution is -0.143. The molecule has 1 fully saturated rings. The number of aryl methyl sites for hydroxylation is 1. The van der Waals surface area contributed by atoms with E-state index in [0.29, 0.717) is 26.2 Å². The number of piperazine rings is 1. The predicted molar refractivity (Wildman–Crippen MR) is 111 cm³/mol. The van der Waals surface area contributed by atoms with Crippen molar-refractivity contribution in [2.75, 3.05) is 26.2 Å². The van der Waals surface area contributed by atoms with Gasteiger partial charge in [-0.1, -0.05) is 48.0 Å². The van der Waals surface area contributed by atoms with Gasteiger partial charge < -0.3 is 4.90 Å². The first-order valence-corrected chi connectivity index (χ1v) is 10.1. The summed E-state index contributed by atoms with van der Waals surface area (Å²) in [6.07, 6.45) is -3.68. The van der Waals surface area contributed by atoms with E-state index in [2.05, 4.69) is 10.00 Å². The number of rotatable bonds is 4. The van der Waals surface area contributed by atoms with Crippen molar-refractivity contribution in [2.24, 2.45) is 0 Å². The Bertz CT molecular complexity index is 1040. The highest BCUT2D eigenvalue weighted by molar-refractivity contribution is 5.95. The van der Waals surface area contributed by atoms with Gasteiger partial charge in [0.15, 0.2) is 5.69 Å². The maximum Gasteiger partial charge on any atom is 0.434 e. The summed E-state index contributed by atoms with van der Waals surface area (Å²) in [4.78, 5) is 16.7. The zero-order valence-electron chi connectivity index (χ0n) is 17.1. The average molecular weight is 428 g/mol. The molecule has 4 rings (SSSR count). The van der Waals surface area contributed by atoms with Gasteiger partial charge in [0.05, 0.1) is 17.4 Å². The smallest absolute Gasteiger partial charge is 0.336 e. The third kappa shape index (κ3) is 4.64. The summed E-state index contributed by atoms with van der Waals surface area (Å²) in [5.74, 6) is -0.634. The van der Waals surface area contributed by atoms with Crippen molar-refractivity contribution >= 4 is 5.91 Å². The zero-order chi connectivity index (χ0) is 22.0. The van der Waals surface area contributed by atoms with E-state index in [9.17, 15) is 18.0 Å². The molecule has 3 aromatic rings. The molecule has 2 heterocycles. The minimum atomic E-state index is -4.71. The van der Waals surface area contributed by atoms with Crippen LogP contribution in [0.15, 0.2) is 60.8 Å². The fourth-order valence-electron chi connectivity index (χ4n) is 3.78. The predicted octanol–water partition coefficient (Wildman–Crippen LogP) is 4.16. The molecule has 0 saturated carbocycles. The lowest BCUT2D eigenvalue weighted by Gasteiger charge is -2.34. The lowest BCUT2D eigenvalue weighted by Crippen LogP contribution is -2.48. The summed E-state index contributed by atoms with van der Waals surface area (Å²) in [5.41, 5.74) is 0.914. The van der Waals surface area contributed by atoms with Crippen LogP contribution in [-0.2, 0) is 12.7 Å². The molecular weight excluding hydrogens is 405 g/mol. The van der Waals surface area contributed by atoms with Gasteiger partial charge in [0.25, 0.3) is 5.91 Å². The highest BCUT2D eigenvalue weighted by atomic mass is 19.4. The van der Waals surface area contributed by atoms with Gasteiger partial charge in [-0.05, 0) is 24.6 Å². The second-order valence-corrected chi connectivity index (χ2v) is 7.71. The van der Waals surface area contributed by atoms with Gasteiger partial charge in [0.2, 0.25) is 0 Å². The first-order valence-electron chi connectivity index (χ1n) is 10.1. The molecule has 162 valence electrons. The van der Waals surface area contributed by atoms with E-state index in [0.717, 1.165) is 23.0 Å². The third-order valence-corrected chi connectivity index (χ3v) is 5.46. The SMILES string of the molecule is Cc1ccc(-n2ncc(C(=O)N3CCN(Cc4ccccc4)CC3)c2C(F)(F)F)cc1. The van der Waals surface area contributed by atoms with Crippen LogP contribution in [0.25, 0.3) is 5.69 Å². The van der Waals surface area contributed by atoms with Gasteiger partial charge in [-0.3, -0.25) is 9.69 Å². The minimum absolute atomic E-state index is 0.268. The molecule has 8 heteroatoms. The van der Waals surface area contributed by atoms with Crippen LogP contribution in [0.3, 0.4) is 0 Å². The van der Waals surface area contributed by atoms with Gasteiger partial charge in [0, 0.05) is 32.7 Å². The molecule has 0 N–H and O–H groups in total. The van der Waals surface area contributed by atoms with E-state index in [-0.39, 0.29) is 5.69 Å². The summed E-state index contributed by atoms with van der Waals surface area (Å²) in [6, 6.07) is 16.5. The van der Waals surface area contributed by atoms with Gasteiger partial charge in [-0.15, -0.1) is 0 Å². The van der Waals surface area contributed by atoms with Crippen molar-refractivity contribution in [3.05, 3.63) is 83.2 Å². The van der Waals surface area contributed by atoms with Crippen molar-refractivity contribution in [2.45, 2.75) is 19.6 Å². The van der Waals surface area contributed by atoms with E-state index in [1.807, 2.05) is 37.3 Å². The maximum absolute atomic E-state index is 13.9. The Kier molecular flexibility index (Phi) is 5.82. The number of carbonyl (C=O) groups excluding carboxylic acids is 1. The van der Waals surface area contributed by atoms with Crippen molar-refractivity contribution in [1.82, 2.24) is 19.6 Å². The Morgan fingerprint density at radius 1 is 0.968 bits per heavy atom. The topological polar surface area (TPSA) is 41.4 Å². The molecule has 0 radical (unpaired) electrons. The Hall–Kier alpha value is -3.13. The van der Waals surface area contributed by atoms with Crippen LogP contribution in [0, 0.1) is 6.92 Å². The molecule has 5 nitrogen and oxygen atoms in total. The molecule has 0 atom stereocenters. The van der Waals surface area contributed by atoms with Gasteiger partial charge in [-0.2, -0.15) is 18.3 Å². The Labute approximate surface area is 178 Å². The van der Waals surface area contributed by atoms with E-state index in [1.54, 1.807) is 24.3 Å². The number of nitrogens with zero attached hydrogens (tertiary/aromatic N) is 4. The molecule has 1 aliphatic rings. The molecule has 0 spiro atoms. The van der Waals surface area contributed by atoms with Gasteiger partial charge in [-0.25, -0.2) is 4.68 Å². The highest BCUT2D eigenvalue weighted by Crippen LogP contribution is 2.34. The van der Waals surface area contributed by atoms with E-state index < -0.39 is 23.3 Å². The first-order chi connectivity index (χ1) is 14.8. The second kappa shape index (κ2) is 8.55. The largest absolute Gasteiger partial charge is 0.434 e. The molecule has 0 unspecified atom stereocenters. The fourth-order valence-corrected chi connectivity index (χ4v) is 3.78. The summed E-state index contributed by atoms with van der Waals surface area (Å²) in [6.45, 7) is 4.56. The summed E-state index contributed by atoms with van der Waals surface area (Å²) >= 11 is 0. The summed E-state index contributed by atoms with van der Waals surface area (Å²) in [7, 11) is 0. The fraction of sp³-hybridized carbons (Fsp3) is 0.304. The van der Waals surface area contributed by atoms with Crippen LogP contribution in [0.1, 0.15) is 27.2 Å². The summed E-state index contributed by atoms with van der Waals surface area (Å²) < 4.78 is 42.5. The van der Waals surface area contributed by atoms with Crippen molar-refractivity contribution in [1.29, 1.82) is 0 Å². The number of halogens is 3. The van der Waals surface area contributed by atoms with Gasteiger partial charge in [0.1, 0.15) is 0 Å². The van der Waals surface area contributed by atoms with Crippen molar-refractivity contribution in [3.8, 4) is 5.69 Å². The molecular formula is C23H23F3N4O. The maximum atomic E-state index is 13.9. The van der Waals surface area contributed by atoms with E-state index >= 15 is 0 Å². The van der Waals surface area contributed by atoms with E-state index in [4.69, 9.17) is 0 Å². The first kappa shape index (κ1) is 21.1. The quantitative estimate of drug-likeness (QED) is 0.627. The molecule has 2 aromatic carbocycles. The average Bonchev–Trinajstić information content (AvgIpc) is 3.21. The van der Waals surface area contributed by atoms with Crippen LogP contribution in [0.5, 0.6) is 0 Å². The molecule has 31 heavy (non-hydrogen) atoms. The molecule has 0 bridgehead atoms. The number of alkyl halides is 3. The number of hydrogen-bond donors (Lipinski definition) is 0. The standard InChI is InChI=1S/C23H23F3N4O/c1-17-7-9-19(10-8-17)30-21(23(24,25)26)20(15-27-30)22(31)29-13-11-28(12-14-29)16-18-5-3-2-4-6-18/h2-10,15H,11-14,16H2,1H3. The Morgan fingerprint density at radius 2 is 1.61 bits per heavy atom. The lowest BCUT2D eigenvalue weighted by atomic mass is 10.1. The van der Waals surface area contributed by atoms with Crippen LogP contribution in [0.2, 0.25) is 0 Å². The minimum Gasteiger partial charge on any atom is -0.336 e. The highest BCUT2D eigenvalue weighted by Gasteiger charge is 2.41. The van der Waals surface area contributed by atoms with Gasteiger partial charge >= 0.3 is 6.18 Å². The molecule has 0 aliphatic carbocycles. The normalized spacial score (nSPS) is 15.3. The van der Waals surface area contributed by atoms with Crippen LogP contribution < -0.4 is 0 Å². The molecule has 1 saturated heterocycles. The van der Waals surface area contributed by atoms with E-state index in [1.165, 1.54) is 10.5 Å². The van der Waals surface area contributed by atoms with Crippen LogP contribution in [-0.4, -0.2) is 51.7 Å². The van der Waals surface area contributed by atoms with Crippen LogP contribution >= 0.6 is 0 Å². The Morgan fingerprint density at radius 3 is 2.23 bits per heavy atom. The number of carbonyl (C=O) groups is 1. The van der Waals surface area contributed by atoms with Crippen molar-refractivity contribution in [3.63, 3.8) is 0 Å². The van der Waals surface area contributed by atoms with Crippen LogP contribution in [0.4, 0.5) is 13.2 Å². The second-order valence-electron chi connectivity index (χ2n) is 7.71. The Balaban J connectivity index is 1.52. The molecule has 1 amide bonds. The number of benzene rings is 2. The third-order valence-electron chi connectivity index (χ3n) is 5.46. The number of amides is 1. The molecule has 1 aliphatic heterocycles. The molecule has 1 aromatic heterocycles. The monoisotopic (exact) mass is 428 g/mol. The summed E-state index contributed by atoms with van der Waals surface area (Å²) in [5, 5.41) is 3.91. The number of hydrogen-bond acceptors (Lipinski definition) is 3.